The number of carbonyl (C=O) groups is 1. The molecule has 0 aromatic rings. The molecule has 4 nitrogen and oxygen atoms in total. The fourth-order valence-electron chi connectivity index (χ4n) is 0. The third-order valence-corrected chi connectivity index (χ3v) is 0. The van der Waals surface area contributed by atoms with Crippen LogP contribution in [-0.2, 0) is 0 Å². The molecule has 0 saturated carbocycles. The van der Waals surface area contributed by atoms with Gasteiger partial charge in [0.25, 0.3) is 0 Å². The van der Waals surface area contributed by atoms with Crippen molar-refractivity contribution in [2.24, 2.45) is 0 Å². The van der Waals surface area contributed by atoms with Gasteiger partial charge in [-0.3, -0.25) is 0 Å². The van der Waals surface area contributed by atoms with Crippen molar-refractivity contribution in [1.29, 1.82) is 0 Å². The normalized spacial score (nSPS) is 3.43. The summed E-state index contributed by atoms with van der Waals surface area (Å²) in [6.45, 7) is 0. The molecule has 6 heteroatoms. The molecular formula is CH8O4Sr2. The molecule has 0 bridgehead atoms. The van der Waals surface area contributed by atoms with Crippen LogP contribution in [0.5, 0.6) is 0 Å². The molecular weight excluding hydrogens is 251 g/mol. The van der Waals surface area contributed by atoms with Crippen LogP contribution >= 0.6 is 0 Å². The van der Waals surface area contributed by atoms with E-state index in [4.69, 9.17) is 15.0 Å². The first-order valence-electron chi connectivity index (χ1n) is 0.651. The van der Waals surface area contributed by atoms with Gasteiger partial charge in [-0.1, -0.05) is 0 Å². The predicted molar refractivity (Wildman–Crippen MR) is 31.4 cm³/mol. The van der Waals surface area contributed by atoms with Crippen molar-refractivity contribution in [3.8, 4) is 0 Å². The molecule has 0 heterocycles. The summed E-state index contributed by atoms with van der Waals surface area (Å²) in [6, 6.07) is 0. The molecule has 0 aromatic carbocycles. The Morgan fingerprint density at radius 1 is 1.14 bits per heavy atom. The molecule has 0 saturated heterocycles. The average Bonchev–Trinajstić information content (AvgIpc) is 0.811. The van der Waals surface area contributed by atoms with Crippen molar-refractivity contribution in [1.82, 2.24) is 0 Å². The van der Waals surface area contributed by atoms with Crippen LogP contribution in [0.4, 0.5) is 4.79 Å². The van der Waals surface area contributed by atoms with E-state index >= 15 is 0 Å². The van der Waals surface area contributed by atoms with Crippen LogP contribution < -0.4 is 0 Å². The van der Waals surface area contributed by atoms with E-state index in [0.717, 1.165) is 0 Å². The van der Waals surface area contributed by atoms with Gasteiger partial charge in [-0.15, -0.1) is 0 Å². The molecule has 0 atom stereocenters. The molecule has 0 aliphatic rings. The SMILES string of the molecule is O.O=C(O)O.[SrH2].[SrH2]. The van der Waals surface area contributed by atoms with Crippen molar-refractivity contribution in [2.75, 3.05) is 0 Å². The van der Waals surface area contributed by atoms with E-state index < -0.39 is 6.16 Å². The molecule has 0 fully saturated rings. The first-order chi connectivity index (χ1) is 1.73. The minimum atomic E-state index is -1.83. The summed E-state index contributed by atoms with van der Waals surface area (Å²) >= 11 is 0. The summed E-state index contributed by atoms with van der Waals surface area (Å²) in [4.78, 5) is 8.56. The molecule has 0 amide bonds. The maximum atomic E-state index is 8.56. The van der Waals surface area contributed by atoms with Crippen molar-refractivity contribution in [3.63, 3.8) is 0 Å². The zero-order chi connectivity index (χ0) is 3.58. The van der Waals surface area contributed by atoms with E-state index in [9.17, 15) is 0 Å². The molecule has 4 N–H and O–H groups in total. The molecule has 0 unspecified atom stereocenters. The molecule has 0 aliphatic heterocycles. The van der Waals surface area contributed by atoms with Crippen LogP contribution in [0, 0.1) is 0 Å². The minimum absolute atomic E-state index is 0. The Kier molecular flexibility index (Phi) is 51.4. The first kappa shape index (κ1) is 22.9. The topological polar surface area (TPSA) is 89.0 Å². The third kappa shape index (κ3) is 65.4. The predicted octanol–water partition coefficient (Wildman–Crippen LogP) is -2.43. The Morgan fingerprint density at radius 3 is 1.14 bits per heavy atom. The van der Waals surface area contributed by atoms with Crippen LogP contribution in [0.1, 0.15) is 0 Å². The zero-order valence-electron chi connectivity index (χ0n) is 2.30. The summed E-state index contributed by atoms with van der Waals surface area (Å²) < 4.78 is 0. The van der Waals surface area contributed by atoms with Gasteiger partial charge in [-0.05, 0) is 0 Å². The number of hydrogen-bond donors (Lipinski definition) is 2. The average molecular weight is 259 g/mol. The second-order valence-electron chi connectivity index (χ2n) is 0.283. The van der Waals surface area contributed by atoms with Crippen LogP contribution in [0.3, 0.4) is 0 Å². The van der Waals surface area contributed by atoms with Crippen LogP contribution in [-0.4, -0.2) is 113 Å². The van der Waals surface area contributed by atoms with E-state index in [1.807, 2.05) is 0 Å². The Morgan fingerprint density at radius 2 is 1.14 bits per heavy atom. The van der Waals surface area contributed by atoms with Crippen molar-refractivity contribution >= 4 is 97.1 Å². The fourth-order valence-corrected chi connectivity index (χ4v) is 0. The number of carboxylic acid groups (broad SMARTS) is 2. The van der Waals surface area contributed by atoms with Gasteiger partial charge in [0.1, 0.15) is 0 Å². The summed E-state index contributed by atoms with van der Waals surface area (Å²) in [5, 5.41) is 13.9. The van der Waals surface area contributed by atoms with E-state index in [1.54, 1.807) is 0 Å². The standard InChI is InChI=1S/CH2O3.H2O.2Sr.4H/c2-1(3)4;;;;;;;/h(H2,2,3,4);1H2;;;;;;. The summed E-state index contributed by atoms with van der Waals surface area (Å²) in [5.41, 5.74) is 0. The van der Waals surface area contributed by atoms with Crippen LogP contribution in [0.15, 0.2) is 0 Å². The summed E-state index contributed by atoms with van der Waals surface area (Å²) in [6.07, 6.45) is -1.83. The van der Waals surface area contributed by atoms with Gasteiger partial charge in [-0.25, -0.2) is 4.79 Å². The van der Waals surface area contributed by atoms with Gasteiger partial charge < -0.3 is 15.7 Å². The zero-order valence-corrected chi connectivity index (χ0v) is 2.30. The molecule has 0 spiro atoms. The van der Waals surface area contributed by atoms with Crippen LogP contribution in [0.2, 0.25) is 0 Å². The van der Waals surface area contributed by atoms with Gasteiger partial charge in [-0.2, -0.15) is 0 Å². The maximum absolute atomic E-state index is 8.56. The fraction of sp³-hybridized carbons (Fsp3) is 0. The van der Waals surface area contributed by atoms with Crippen molar-refractivity contribution in [3.05, 3.63) is 0 Å². The summed E-state index contributed by atoms with van der Waals surface area (Å²) in [5.74, 6) is 0. The summed E-state index contributed by atoms with van der Waals surface area (Å²) in [7, 11) is 0. The second kappa shape index (κ2) is 15.7. The van der Waals surface area contributed by atoms with Crippen LogP contribution in [0.25, 0.3) is 0 Å². The Balaban J connectivity index is -0.0000000150. The second-order valence-corrected chi connectivity index (χ2v) is 0.283. The monoisotopic (exact) mass is 260 g/mol. The molecule has 40 valence electrons. The van der Waals surface area contributed by atoms with Gasteiger partial charge in [0.2, 0.25) is 0 Å². The van der Waals surface area contributed by atoms with Gasteiger partial charge in [0.05, 0.1) is 0 Å². The Labute approximate surface area is 115 Å². The van der Waals surface area contributed by atoms with Gasteiger partial charge in [0.15, 0.2) is 0 Å². The van der Waals surface area contributed by atoms with E-state index in [2.05, 4.69) is 0 Å². The van der Waals surface area contributed by atoms with Gasteiger partial charge in [0, 0.05) is 0 Å². The first-order valence-corrected chi connectivity index (χ1v) is 0.651. The van der Waals surface area contributed by atoms with E-state index in [0.29, 0.717) is 0 Å². The quantitative estimate of drug-likeness (QED) is 0.474. The van der Waals surface area contributed by atoms with Crippen molar-refractivity contribution < 1.29 is 20.5 Å². The molecule has 0 aliphatic carbocycles. The molecule has 0 radical (unpaired) electrons. The van der Waals surface area contributed by atoms with E-state index in [1.165, 1.54) is 0 Å². The number of hydrogen-bond acceptors (Lipinski definition) is 1. The molecule has 0 rings (SSSR count). The Bertz CT molecular complexity index is 32.7. The third-order valence-electron chi connectivity index (χ3n) is 0. The van der Waals surface area contributed by atoms with E-state index in [-0.39, 0.29) is 96.4 Å². The number of rotatable bonds is 0. The van der Waals surface area contributed by atoms with Crippen molar-refractivity contribution in [2.45, 2.75) is 0 Å². The molecule has 0 aromatic heterocycles. The molecule has 7 heavy (non-hydrogen) atoms. The van der Waals surface area contributed by atoms with Gasteiger partial charge >= 0.3 is 97.1 Å². The Hall–Kier alpha value is 2.19.